The minimum Gasteiger partial charge on any atom is -0.446 e. The second-order valence-corrected chi connectivity index (χ2v) is 4.30. The molecule has 0 bridgehead atoms. The van der Waals surface area contributed by atoms with Crippen molar-refractivity contribution in [2.24, 2.45) is 5.73 Å². The van der Waals surface area contributed by atoms with Crippen LogP contribution >= 0.6 is 11.3 Å². The van der Waals surface area contributed by atoms with Gasteiger partial charge in [-0.15, -0.1) is 11.3 Å². The molecule has 0 saturated heterocycles. The van der Waals surface area contributed by atoms with Gasteiger partial charge in [-0.1, -0.05) is 0 Å². The lowest BCUT2D eigenvalue weighted by Crippen LogP contribution is -2.18. The van der Waals surface area contributed by atoms with E-state index in [1.807, 2.05) is 0 Å². The number of hydrogen-bond acceptors (Lipinski definition) is 6. The van der Waals surface area contributed by atoms with Crippen molar-refractivity contribution in [3.05, 3.63) is 23.2 Å². The first-order valence-electron chi connectivity index (χ1n) is 5.01. The molecule has 0 aliphatic heterocycles. The van der Waals surface area contributed by atoms with E-state index in [-0.39, 0.29) is 18.1 Å². The van der Waals surface area contributed by atoms with E-state index in [0.717, 1.165) is 0 Å². The fourth-order valence-electron chi connectivity index (χ4n) is 1.19. The van der Waals surface area contributed by atoms with Crippen molar-refractivity contribution in [3.63, 3.8) is 0 Å². The molecule has 2 rings (SSSR count). The van der Waals surface area contributed by atoms with E-state index in [0.29, 0.717) is 16.6 Å². The first-order valence-corrected chi connectivity index (χ1v) is 5.89. The molecule has 2 aromatic heterocycles. The van der Waals surface area contributed by atoms with Crippen LogP contribution in [0.15, 0.2) is 16.1 Å². The van der Waals surface area contributed by atoms with Crippen LogP contribution in [0.5, 0.6) is 0 Å². The molecule has 0 aliphatic rings. The van der Waals surface area contributed by atoms with Crippen molar-refractivity contribution in [1.82, 2.24) is 15.3 Å². The predicted octanol–water partition coefficient (Wildman–Crippen LogP) is 0.533. The highest BCUT2D eigenvalue weighted by atomic mass is 32.1. The molecule has 2 heterocycles. The molecule has 0 aromatic carbocycles. The van der Waals surface area contributed by atoms with Crippen molar-refractivity contribution in [3.8, 4) is 10.7 Å². The number of nitrogens with zero attached hydrogens (tertiary/aromatic N) is 2. The Bertz CT molecular complexity index is 589. The summed E-state index contributed by atoms with van der Waals surface area (Å²) in [5, 5.41) is 4.66. The van der Waals surface area contributed by atoms with Gasteiger partial charge in [0.15, 0.2) is 0 Å². The molecule has 0 fully saturated rings. The van der Waals surface area contributed by atoms with Crippen molar-refractivity contribution in [2.45, 2.75) is 13.5 Å². The molecular formula is C10H10N4O3S. The molecule has 0 radical (unpaired) electrons. The first-order chi connectivity index (χ1) is 8.56. The van der Waals surface area contributed by atoms with Crippen LogP contribution < -0.4 is 11.1 Å². The van der Waals surface area contributed by atoms with E-state index in [9.17, 15) is 9.59 Å². The Morgan fingerprint density at radius 3 is 2.89 bits per heavy atom. The number of aromatic nitrogens is 2. The van der Waals surface area contributed by atoms with Gasteiger partial charge in [0.2, 0.25) is 11.8 Å². The summed E-state index contributed by atoms with van der Waals surface area (Å²) in [6, 6.07) is 0. The monoisotopic (exact) mass is 266 g/mol. The summed E-state index contributed by atoms with van der Waals surface area (Å²) in [5.41, 5.74) is 5.81. The van der Waals surface area contributed by atoms with E-state index in [1.54, 1.807) is 5.38 Å². The Balaban J connectivity index is 2.13. The van der Waals surface area contributed by atoms with E-state index in [1.165, 1.54) is 24.5 Å². The summed E-state index contributed by atoms with van der Waals surface area (Å²) < 4.78 is 5.16. The lowest BCUT2D eigenvalue weighted by Gasteiger charge is -1.94. The summed E-state index contributed by atoms with van der Waals surface area (Å²) >= 11 is 1.25. The van der Waals surface area contributed by atoms with Crippen molar-refractivity contribution < 1.29 is 14.0 Å². The minimum absolute atomic E-state index is 0.167. The molecule has 0 aliphatic carbocycles. The van der Waals surface area contributed by atoms with Gasteiger partial charge >= 0.3 is 0 Å². The molecule has 2 amide bonds. The zero-order chi connectivity index (χ0) is 13.1. The first kappa shape index (κ1) is 12.2. The number of amides is 2. The summed E-state index contributed by atoms with van der Waals surface area (Å²) in [6.07, 6.45) is 1.42. The minimum atomic E-state index is -0.584. The molecular weight excluding hydrogens is 256 g/mol. The van der Waals surface area contributed by atoms with E-state index in [4.69, 9.17) is 10.2 Å². The highest BCUT2D eigenvalue weighted by molar-refractivity contribution is 7.13. The van der Waals surface area contributed by atoms with Gasteiger partial charge in [0, 0.05) is 12.3 Å². The third-order valence-corrected chi connectivity index (χ3v) is 2.88. The number of carbonyl (C=O) groups excluding carboxylic acids is 2. The SMILES string of the molecule is CC(=O)NCc1nc(-c2nc(C(N)=O)cs2)co1. The Morgan fingerprint density at radius 1 is 1.50 bits per heavy atom. The molecule has 94 valence electrons. The highest BCUT2D eigenvalue weighted by Gasteiger charge is 2.12. The van der Waals surface area contributed by atoms with E-state index in [2.05, 4.69) is 15.3 Å². The number of primary amides is 1. The van der Waals surface area contributed by atoms with Crippen LogP contribution in [0.1, 0.15) is 23.3 Å². The van der Waals surface area contributed by atoms with Gasteiger partial charge in [-0.25, -0.2) is 9.97 Å². The van der Waals surface area contributed by atoms with Crippen molar-refractivity contribution in [2.75, 3.05) is 0 Å². The maximum absolute atomic E-state index is 10.9. The Hall–Kier alpha value is -2.22. The number of rotatable bonds is 4. The zero-order valence-electron chi connectivity index (χ0n) is 9.47. The van der Waals surface area contributed by atoms with Crippen LogP contribution in [-0.4, -0.2) is 21.8 Å². The number of thiazole rings is 1. The third kappa shape index (κ3) is 2.72. The number of nitrogens with one attached hydrogen (secondary N) is 1. The lowest BCUT2D eigenvalue weighted by atomic mass is 10.4. The number of carbonyl (C=O) groups is 2. The number of hydrogen-bond donors (Lipinski definition) is 2. The molecule has 18 heavy (non-hydrogen) atoms. The summed E-state index contributed by atoms with van der Waals surface area (Å²) in [4.78, 5) is 29.8. The fourth-order valence-corrected chi connectivity index (χ4v) is 1.95. The van der Waals surface area contributed by atoms with Crippen LogP contribution in [0.4, 0.5) is 0 Å². The summed E-state index contributed by atoms with van der Waals surface area (Å²) in [5.74, 6) is -0.379. The molecule has 3 N–H and O–H groups in total. The predicted molar refractivity (Wildman–Crippen MR) is 63.6 cm³/mol. The Morgan fingerprint density at radius 2 is 2.28 bits per heavy atom. The zero-order valence-corrected chi connectivity index (χ0v) is 10.3. The largest absolute Gasteiger partial charge is 0.446 e. The van der Waals surface area contributed by atoms with Crippen LogP contribution in [0.2, 0.25) is 0 Å². The maximum Gasteiger partial charge on any atom is 0.268 e. The Labute approximate surface area is 106 Å². The quantitative estimate of drug-likeness (QED) is 0.838. The van der Waals surface area contributed by atoms with Gasteiger partial charge in [-0.2, -0.15) is 0 Å². The molecule has 8 heteroatoms. The van der Waals surface area contributed by atoms with Crippen molar-refractivity contribution >= 4 is 23.2 Å². The van der Waals surface area contributed by atoms with E-state index >= 15 is 0 Å². The van der Waals surface area contributed by atoms with Crippen molar-refractivity contribution in [1.29, 1.82) is 0 Å². The number of oxazole rings is 1. The van der Waals surface area contributed by atoms with Crippen LogP contribution in [0.3, 0.4) is 0 Å². The average molecular weight is 266 g/mol. The third-order valence-electron chi connectivity index (χ3n) is 2.02. The highest BCUT2D eigenvalue weighted by Crippen LogP contribution is 2.22. The van der Waals surface area contributed by atoms with Gasteiger partial charge in [0.1, 0.15) is 22.7 Å². The van der Waals surface area contributed by atoms with E-state index < -0.39 is 5.91 Å². The molecule has 7 nitrogen and oxygen atoms in total. The molecule has 0 saturated carbocycles. The fraction of sp³-hybridized carbons (Fsp3) is 0.200. The second kappa shape index (κ2) is 4.96. The Kier molecular flexibility index (Phi) is 3.38. The normalized spacial score (nSPS) is 10.3. The standard InChI is InChI=1S/C10H10N4O3S/c1-5(15)12-2-8-13-6(3-17-8)10-14-7(4-18-10)9(11)16/h3-4H,2H2,1H3,(H2,11,16)(H,12,15). The maximum atomic E-state index is 10.9. The van der Waals surface area contributed by atoms with Gasteiger partial charge < -0.3 is 15.5 Å². The smallest absolute Gasteiger partial charge is 0.268 e. The number of nitrogens with two attached hydrogens (primary N) is 1. The van der Waals surface area contributed by atoms with Gasteiger partial charge in [0.25, 0.3) is 5.91 Å². The van der Waals surface area contributed by atoms with Gasteiger partial charge in [-0.05, 0) is 0 Å². The van der Waals surface area contributed by atoms with Crippen LogP contribution in [0, 0.1) is 0 Å². The summed E-state index contributed by atoms with van der Waals surface area (Å²) in [6.45, 7) is 1.62. The van der Waals surface area contributed by atoms with Gasteiger partial charge in [-0.3, -0.25) is 9.59 Å². The van der Waals surface area contributed by atoms with Crippen LogP contribution in [-0.2, 0) is 11.3 Å². The molecule has 0 atom stereocenters. The molecule has 0 spiro atoms. The summed E-state index contributed by atoms with van der Waals surface area (Å²) in [7, 11) is 0. The lowest BCUT2D eigenvalue weighted by molar-refractivity contribution is -0.119. The van der Waals surface area contributed by atoms with Crippen LogP contribution in [0.25, 0.3) is 10.7 Å². The average Bonchev–Trinajstić information content (AvgIpc) is 2.95. The molecule has 2 aromatic rings. The molecule has 0 unspecified atom stereocenters. The second-order valence-electron chi connectivity index (χ2n) is 3.44. The topological polar surface area (TPSA) is 111 Å². The van der Waals surface area contributed by atoms with Gasteiger partial charge in [0.05, 0.1) is 6.54 Å².